The number of ether oxygens (including phenoxy) is 1. The minimum Gasteiger partial charge on any atom is -0.434 e. The maximum Gasteiger partial charge on any atom is 0.271 e. The van der Waals surface area contributed by atoms with Crippen LogP contribution in [0.2, 0.25) is 5.02 Å². The molecule has 3 saturated carbocycles. The number of fused-ring (bicyclic) bond motifs is 1. The Kier molecular flexibility index (Phi) is 4.37. The summed E-state index contributed by atoms with van der Waals surface area (Å²) < 4.78 is 20.6. The van der Waals surface area contributed by atoms with Gasteiger partial charge in [0.2, 0.25) is 11.8 Å². The highest BCUT2D eigenvalue weighted by Crippen LogP contribution is 2.67. The number of carbonyl (C=O) groups is 1. The first-order valence-electron chi connectivity index (χ1n) is 9.92. The van der Waals surface area contributed by atoms with Gasteiger partial charge in [-0.15, -0.1) is 0 Å². The van der Waals surface area contributed by atoms with Crippen LogP contribution in [0.5, 0.6) is 11.6 Å². The van der Waals surface area contributed by atoms with E-state index in [9.17, 15) is 14.4 Å². The lowest BCUT2D eigenvalue weighted by Crippen LogP contribution is -2.70. The van der Waals surface area contributed by atoms with Crippen LogP contribution in [-0.2, 0) is 0 Å². The Balaban J connectivity index is 1.50. The molecular weight excluding hydrogens is 435 g/mol. The van der Waals surface area contributed by atoms with Gasteiger partial charge >= 0.3 is 0 Å². The highest BCUT2D eigenvalue weighted by Gasteiger charge is 2.69. The SMILES string of the molecule is C[C@H]1NC(=O)c2nc(NC34CC(C#N)(C3)C4)nc(Oc3c(F)cc(/C=C/C#N)cc3Cl)c21. The third-order valence-electron chi connectivity index (χ3n) is 6.12. The standard InChI is InChI=1S/C22H16ClFN6O2/c1-11-15-16(18(31)27-11)28-20(30-22-7-21(8-22,9-22)10-26)29-19(15)32-17-13(23)5-12(3-2-4-25)6-14(17)24/h2-3,5-6,11H,7-9H2,1H3,(H,27,31)(H,28,29,30)/b3-2+/t11-,21?,22?/m1/s1. The molecule has 1 aromatic heterocycles. The van der Waals surface area contributed by atoms with Gasteiger partial charge in [-0.2, -0.15) is 15.5 Å². The summed E-state index contributed by atoms with van der Waals surface area (Å²) in [6, 6.07) is 6.38. The van der Waals surface area contributed by atoms with Crippen molar-refractivity contribution in [3.63, 3.8) is 0 Å². The second-order valence-corrected chi connectivity index (χ2v) is 8.92. The van der Waals surface area contributed by atoms with Crippen molar-refractivity contribution in [2.24, 2.45) is 5.41 Å². The van der Waals surface area contributed by atoms with Gasteiger partial charge in [-0.1, -0.05) is 11.6 Å². The zero-order valence-corrected chi connectivity index (χ0v) is 17.6. The number of anilines is 1. The molecule has 2 aromatic rings. The molecule has 4 aliphatic rings. The van der Waals surface area contributed by atoms with E-state index in [-0.39, 0.29) is 45.2 Å². The van der Waals surface area contributed by atoms with Crippen LogP contribution >= 0.6 is 11.6 Å². The van der Waals surface area contributed by atoms with E-state index in [1.807, 2.05) is 6.07 Å². The van der Waals surface area contributed by atoms with Crippen molar-refractivity contribution in [1.82, 2.24) is 15.3 Å². The molecule has 0 radical (unpaired) electrons. The maximum atomic E-state index is 14.8. The monoisotopic (exact) mass is 450 g/mol. The molecule has 10 heteroatoms. The summed E-state index contributed by atoms with van der Waals surface area (Å²) >= 11 is 6.24. The molecule has 3 fully saturated rings. The molecule has 0 spiro atoms. The largest absolute Gasteiger partial charge is 0.434 e. The van der Waals surface area contributed by atoms with Crippen LogP contribution in [0.1, 0.15) is 53.8 Å². The summed E-state index contributed by atoms with van der Waals surface area (Å²) in [6.07, 6.45) is 4.70. The molecule has 8 nitrogen and oxygen atoms in total. The lowest BCUT2D eigenvalue weighted by molar-refractivity contribution is -0.0665. The number of nitriles is 2. The third-order valence-corrected chi connectivity index (χ3v) is 6.40. The van der Waals surface area contributed by atoms with Crippen LogP contribution < -0.4 is 15.4 Å². The van der Waals surface area contributed by atoms with E-state index < -0.39 is 11.9 Å². The van der Waals surface area contributed by atoms with E-state index in [4.69, 9.17) is 21.6 Å². The van der Waals surface area contributed by atoms with Crippen LogP contribution in [0.4, 0.5) is 10.3 Å². The van der Waals surface area contributed by atoms with E-state index in [2.05, 4.69) is 26.7 Å². The van der Waals surface area contributed by atoms with E-state index in [0.717, 1.165) is 0 Å². The highest BCUT2D eigenvalue weighted by atomic mass is 35.5. The molecule has 160 valence electrons. The van der Waals surface area contributed by atoms with Gasteiger partial charge < -0.3 is 15.4 Å². The molecule has 0 unspecified atom stereocenters. The zero-order valence-electron chi connectivity index (χ0n) is 16.9. The van der Waals surface area contributed by atoms with Gasteiger partial charge in [-0.3, -0.25) is 4.79 Å². The predicted molar refractivity (Wildman–Crippen MR) is 112 cm³/mol. The van der Waals surface area contributed by atoms with Crippen molar-refractivity contribution in [2.45, 2.75) is 37.8 Å². The molecule has 1 aromatic carbocycles. The number of benzene rings is 1. The van der Waals surface area contributed by atoms with Crippen molar-refractivity contribution >= 4 is 29.5 Å². The highest BCUT2D eigenvalue weighted by molar-refractivity contribution is 6.32. The van der Waals surface area contributed by atoms with Gasteiger partial charge in [0.05, 0.1) is 34.2 Å². The number of amides is 1. The summed E-state index contributed by atoms with van der Waals surface area (Å²) in [5.41, 5.74) is 0.427. The molecular formula is C22H16ClFN6O2. The van der Waals surface area contributed by atoms with Gasteiger partial charge in [0, 0.05) is 11.6 Å². The minimum atomic E-state index is -0.739. The topological polar surface area (TPSA) is 124 Å². The van der Waals surface area contributed by atoms with Gasteiger partial charge in [0.25, 0.3) is 5.91 Å². The van der Waals surface area contributed by atoms with E-state index in [0.29, 0.717) is 30.4 Å². The van der Waals surface area contributed by atoms with Gasteiger partial charge in [-0.05, 0) is 50.0 Å². The summed E-state index contributed by atoms with van der Waals surface area (Å²) in [6.45, 7) is 1.75. The lowest BCUT2D eigenvalue weighted by Gasteiger charge is -2.66. The fourth-order valence-corrected chi connectivity index (χ4v) is 5.02. The van der Waals surface area contributed by atoms with E-state index in [1.165, 1.54) is 24.3 Å². The number of rotatable bonds is 5. The maximum absolute atomic E-state index is 14.8. The Morgan fingerprint density at radius 3 is 2.75 bits per heavy atom. The van der Waals surface area contributed by atoms with Crippen LogP contribution in [0, 0.1) is 33.9 Å². The van der Waals surface area contributed by atoms with Crippen LogP contribution in [0.25, 0.3) is 6.08 Å². The zero-order chi connectivity index (χ0) is 22.7. The smallest absolute Gasteiger partial charge is 0.271 e. The van der Waals surface area contributed by atoms with Crippen LogP contribution in [0.3, 0.4) is 0 Å². The molecule has 32 heavy (non-hydrogen) atoms. The average Bonchev–Trinajstić information content (AvgIpc) is 2.98. The molecule has 2 heterocycles. The predicted octanol–water partition coefficient (Wildman–Crippen LogP) is 4.26. The van der Waals surface area contributed by atoms with Gasteiger partial charge in [0.15, 0.2) is 11.6 Å². The molecule has 1 amide bonds. The first kappa shape index (κ1) is 20.2. The van der Waals surface area contributed by atoms with Crippen molar-refractivity contribution in [2.75, 3.05) is 5.32 Å². The Morgan fingerprint density at radius 1 is 1.34 bits per heavy atom. The van der Waals surface area contributed by atoms with Crippen molar-refractivity contribution < 1.29 is 13.9 Å². The molecule has 6 rings (SSSR count). The first-order valence-corrected chi connectivity index (χ1v) is 10.3. The number of halogens is 2. The number of hydrogen-bond acceptors (Lipinski definition) is 7. The third kappa shape index (κ3) is 3.05. The first-order chi connectivity index (χ1) is 15.3. The van der Waals surface area contributed by atoms with E-state index in [1.54, 1.807) is 6.92 Å². The number of carbonyl (C=O) groups excluding carboxylic acids is 1. The average molecular weight is 451 g/mol. The Labute approximate surface area is 187 Å². The fraction of sp³-hybridized carbons (Fsp3) is 0.318. The lowest BCUT2D eigenvalue weighted by atomic mass is 9.40. The molecule has 2 N–H and O–H groups in total. The van der Waals surface area contributed by atoms with Gasteiger partial charge in [0.1, 0.15) is 5.69 Å². The number of nitrogens with one attached hydrogen (secondary N) is 2. The quantitative estimate of drug-likeness (QED) is 0.652. The molecule has 3 aliphatic carbocycles. The molecule has 2 bridgehead atoms. The fourth-order valence-electron chi connectivity index (χ4n) is 4.76. The molecule has 1 atom stereocenters. The van der Waals surface area contributed by atoms with E-state index >= 15 is 0 Å². The molecule has 0 saturated heterocycles. The summed E-state index contributed by atoms with van der Waals surface area (Å²) in [7, 11) is 0. The Bertz CT molecular complexity index is 1250. The number of hydrogen-bond donors (Lipinski definition) is 2. The number of nitrogens with zero attached hydrogens (tertiary/aromatic N) is 4. The molecule has 1 aliphatic heterocycles. The van der Waals surface area contributed by atoms with Crippen molar-refractivity contribution in [3.05, 3.63) is 45.9 Å². The van der Waals surface area contributed by atoms with Gasteiger partial charge in [-0.25, -0.2) is 9.37 Å². The Morgan fingerprint density at radius 2 is 2.09 bits per heavy atom. The van der Waals surface area contributed by atoms with Crippen molar-refractivity contribution in [1.29, 1.82) is 10.5 Å². The number of allylic oxidation sites excluding steroid dienone is 1. The van der Waals surface area contributed by atoms with Crippen LogP contribution in [-0.4, -0.2) is 21.4 Å². The summed E-state index contributed by atoms with van der Waals surface area (Å²) in [5, 5.41) is 23.9. The van der Waals surface area contributed by atoms with Crippen LogP contribution in [0.15, 0.2) is 18.2 Å². The Hall–Kier alpha value is -3.69. The number of aromatic nitrogens is 2. The summed E-state index contributed by atoms with van der Waals surface area (Å²) in [5.74, 6) is -1.16. The van der Waals surface area contributed by atoms with Crippen molar-refractivity contribution in [3.8, 4) is 23.8 Å². The second-order valence-electron chi connectivity index (χ2n) is 8.52. The summed E-state index contributed by atoms with van der Waals surface area (Å²) in [4.78, 5) is 21.2. The second kappa shape index (κ2) is 6.91. The minimum absolute atomic E-state index is 0.00946. The normalized spacial score (nSPS) is 26.9.